The van der Waals surface area contributed by atoms with E-state index in [0.717, 1.165) is 38.8 Å². The summed E-state index contributed by atoms with van der Waals surface area (Å²) in [6.45, 7) is 2.91. The van der Waals surface area contributed by atoms with Gasteiger partial charge in [-0.15, -0.1) is 0 Å². The molecular weight excluding hydrogens is 360 g/mol. The van der Waals surface area contributed by atoms with Crippen LogP contribution in [0.5, 0.6) is 0 Å². The molecule has 4 fully saturated rings. The van der Waals surface area contributed by atoms with Gasteiger partial charge in [-0.05, 0) is 62.5 Å². The van der Waals surface area contributed by atoms with Gasteiger partial charge in [0.2, 0.25) is 0 Å². The molecule has 1 aliphatic carbocycles. The van der Waals surface area contributed by atoms with Crippen molar-refractivity contribution in [2.75, 3.05) is 19.6 Å². The van der Waals surface area contributed by atoms with Gasteiger partial charge in [-0.25, -0.2) is 0 Å². The first-order valence-corrected chi connectivity index (χ1v) is 12.0. The third kappa shape index (κ3) is 3.74. The van der Waals surface area contributed by atoms with Crippen molar-refractivity contribution < 1.29 is 9.90 Å². The van der Waals surface area contributed by atoms with Gasteiger partial charge < -0.3 is 10.0 Å². The number of aliphatic hydroxyl groups is 1. The second kappa shape index (κ2) is 8.03. The lowest BCUT2D eigenvalue weighted by atomic mass is 9.70. The van der Waals surface area contributed by atoms with Gasteiger partial charge in [-0.2, -0.15) is 0 Å². The Balaban J connectivity index is 1.38. The minimum absolute atomic E-state index is 0.0367. The molecule has 0 radical (unpaired) electrons. The summed E-state index contributed by atoms with van der Waals surface area (Å²) in [5.74, 6) is 1.14. The third-order valence-corrected chi connectivity index (χ3v) is 8.28. The van der Waals surface area contributed by atoms with Gasteiger partial charge >= 0.3 is 0 Å². The molecule has 0 unspecified atom stereocenters. The van der Waals surface area contributed by atoms with E-state index < -0.39 is 5.60 Å². The van der Waals surface area contributed by atoms with E-state index in [1.54, 1.807) is 0 Å². The first-order valence-electron chi connectivity index (χ1n) is 12.0. The molecule has 1 N–H and O–H groups in total. The summed E-state index contributed by atoms with van der Waals surface area (Å²) in [6.07, 6.45) is 10.7. The maximum absolute atomic E-state index is 13.4. The Labute approximate surface area is 175 Å². The molecule has 3 heterocycles. The van der Waals surface area contributed by atoms with Crippen LogP contribution in [0.4, 0.5) is 0 Å². The van der Waals surface area contributed by atoms with Crippen molar-refractivity contribution in [3.63, 3.8) is 0 Å². The number of rotatable bonds is 3. The molecule has 29 heavy (non-hydrogen) atoms. The molecule has 0 spiro atoms. The highest BCUT2D eigenvalue weighted by atomic mass is 16.3. The van der Waals surface area contributed by atoms with Crippen molar-refractivity contribution in [1.29, 1.82) is 0 Å². The predicted octanol–water partition coefficient (Wildman–Crippen LogP) is 3.63. The number of hydrogen-bond donors (Lipinski definition) is 1. The second-order valence-corrected chi connectivity index (χ2v) is 10.1. The molecule has 4 nitrogen and oxygen atoms in total. The molecule has 3 aliphatic heterocycles. The first-order chi connectivity index (χ1) is 14.1. The number of nitrogens with zero attached hydrogens (tertiary/aromatic N) is 2. The quantitative estimate of drug-likeness (QED) is 0.849. The fourth-order valence-corrected chi connectivity index (χ4v) is 6.85. The average molecular weight is 397 g/mol. The van der Waals surface area contributed by atoms with E-state index in [1.807, 2.05) is 0 Å². The Morgan fingerprint density at radius 3 is 2.55 bits per heavy atom. The van der Waals surface area contributed by atoms with Gasteiger partial charge in [0.1, 0.15) is 5.60 Å². The van der Waals surface area contributed by atoms with Crippen LogP contribution in [-0.4, -0.2) is 58.1 Å². The molecule has 1 saturated carbocycles. The minimum atomic E-state index is -1.09. The van der Waals surface area contributed by atoms with Gasteiger partial charge in [0, 0.05) is 25.2 Å². The molecular formula is C25H36N2O2. The lowest BCUT2D eigenvalue weighted by Gasteiger charge is -2.57. The van der Waals surface area contributed by atoms with Crippen molar-refractivity contribution in [2.24, 2.45) is 11.8 Å². The average Bonchev–Trinajstić information content (AvgIpc) is 2.77. The smallest absolute Gasteiger partial charge is 0.254 e. The summed E-state index contributed by atoms with van der Waals surface area (Å²) in [4.78, 5) is 18.3. The molecule has 4 aliphatic rings. The number of carbonyl (C=O) groups is 1. The predicted molar refractivity (Wildman–Crippen MR) is 114 cm³/mol. The number of likely N-dealkylation sites (tertiary alicyclic amines) is 1. The monoisotopic (exact) mass is 396 g/mol. The minimum Gasteiger partial charge on any atom is -0.380 e. The third-order valence-electron chi connectivity index (χ3n) is 8.28. The van der Waals surface area contributed by atoms with Crippen LogP contribution in [0.3, 0.4) is 0 Å². The number of carbonyl (C=O) groups excluding carboxylic acids is 1. The fraction of sp³-hybridized carbons (Fsp3) is 0.720. The lowest BCUT2D eigenvalue weighted by Crippen LogP contribution is -2.66. The maximum atomic E-state index is 13.4. The summed E-state index contributed by atoms with van der Waals surface area (Å²) < 4.78 is 0. The summed E-state index contributed by atoms with van der Waals surface area (Å²) in [5.41, 5.74) is 0.320. The maximum Gasteiger partial charge on any atom is 0.254 e. The zero-order valence-electron chi connectivity index (χ0n) is 17.6. The number of fused-ring (bicyclic) bond motifs is 4. The fourth-order valence-electron chi connectivity index (χ4n) is 6.85. The largest absolute Gasteiger partial charge is 0.380 e. The topological polar surface area (TPSA) is 43.8 Å². The Morgan fingerprint density at radius 1 is 1.00 bits per heavy atom. The van der Waals surface area contributed by atoms with Crippen LogP contribution in [-0.2, 0) is 11.2 Å². The molecule has 158 valence electrons. The van der Waals surface area contributed by atoms with E-state index in [9.17, 15) is 9.90 Å². The summed E-state index contributed by atoms with van der Waals surface area (Å²) in [5, 5.41) is 11.1. The van der Waals surface area contributed by atoms with Crippen molar-refractivity contribution >= 4 is 5.91 Å². The van der Waals surface area contributed by atoms with Crippen molar-refractivity contribution in [3.8, 4) is 0 Å². The van der Waals surface area contributed by atoms with Crippen molar-refractivity contribution in [3.05, 3.63) is 35.9 Å². The molecule has 1 aromatic carbocycles. The van der Waals surface area contributed by atoms with E-state index in [-0.39, 0.29) is 5.91 Å². The number of benzene rings is 1. The van der Waals surface area contributed by atoms with E-state index in [1.165, 1.54) is 37.8 Å². The summed E-state index contributed by atoms with van der Waals surface area (Å²) in [6, 6.07) is 12.0. The highest BCUT2D eigenvalue weighted by Gasteiger charge is 2.50. The van der Waals surface area contributed by atoms with Gasteiger partial charge in [-0.1, -0.05) is 56.0 Å². The molecule has 3 saturated heterocycles. The number of piperidine rings is 3. The Morgan fingerprint density at radius 2 is 1.76 bits per heavy atom. The highest BCUT2D eigenvalue weighted by molar-refractivity contribution is 5.85. The zero-order chi connectivity index (χ0) is 19.8. The zero-order valence-corrected chi connectivity index (χ0v) is 17.6. The Hall–Kier alpha value is -1.39. The van der Waals surface area contributed by atoms with E-state index in [4.69, 9.17) is 0 Å². The van der Waals surface area contributed by atoms with E-state index >= 15 is 0 Å². The van der Waals surface area contributed by atoms with Gasteiger partial charge in [-0.3, -0.25) is 9.69 Å². The van der Waals surface area contributed by atoms with Crippen molar-refractivity contribution in [2.45, 2.75) is 81.9 Å². The molecule has 0 aromatic heterocycles. The van der Waals surface area contributed by atoms with Crippen molar-refractivity contribution in [1.82, 2.24) is 9.80 Å². The van der Waals surface area contributed by atoms with Crippen LogP contribution in [0.25, 0.3) is 0 Å². The molecule has 5 rings (SSSR count). The van der Waals surface area contributed by atoms with Crippen LogP contribution in [0.15, 0.2) is 30.3 Å². The SMILES string of the molecule is O=C(N1C[C@H]2C[C@@H](C1)[C@H](Cc1ccccc1)N1CCCC[C@@H]21)C1(O)CCCCC1. The van der Waals surface area contributed by atoms with Crippen LogP contribution >= 0.6 is 0 Å². The molecule has 1 amide bonds. The second-order valence-electron chi connectivity index (χ2n) is 10.1. The summed E-state index contributed by atoms with van der Waals surface area (Å²) in [7, 11) is 0. The molecule has 1 aromatic rings. The standard InChI is InChI=1S/C25H36N2O2/c28-24(25(29)12-6-2-7-13-25)26-17-20-16-21(18-26)23(15-19-9-3-1-4-10-19)27-14-8-5-11-22(20)27/h1,3-4,9-10,20-23,29H,2,5-8,11-18H2/t20-,21+,22+,23+/m1/s1. The lowest BCUT2D eigenvalue weighted by molar-refractivity contribution is -0.163. The van der Waals surface area contributed by atoms with Crippen LogP contribution in [0, 0.1) is 11.8 Å². The normalized spacial score (nSPS) is 34.4. The van der Waals surface area contributed by atoms with Crippen LogP contribution in [0.2, 0.25) is 0 Å². The van der Waals surface area contributed by atoms with Crippen LogP contribution < -0.4 is 0 Å². The van der Waals surface area contributed by atoms with E-state index in [2.05, 4.69) is 40.1 Å². The van der Waals surface area contributed by atoms with Gasteiger partial charge in [0.05, 0.1) is 0 Å². The first kappa shape index (κ1) is 19.6. The number of amides is 1. The van der Waals surface area contributed by atoms with Gasteiger partial charge in [0.15, 0.2) is 0 Å². The molecule has 2 bridgehead atoms. The number of hydrogen-bond acceptors (Lipinski definition) is 3. The molecule has 4 atom stereocenters. The van der Waals surface area contributed by atoms with E-state index in [0.29, 0.717) is 36.8 Å². The Bertz CT molecular complexity index is 715. The Kier molecular flexibility index (Phi) is 5.42. The van der Waals surface area contributed by atoms with Crippen LogP contribution in [0.1, 0.15) is 63.4 Å². The molecule has 4 heteroatoms. The van der Waals surface area contributed by atoms with Gasteiger partial charge in [0.25, 0.3) is 5.91 Å². The highest BCUT2D eigenvalue weighted by Crippen LogP contribution is 2.43. The summed E-state index contributed by atoms with van der Waals surface area (Å²) >= 11 is 0.